The first-order valence-corrected chi connectivity index (χ1v) is 16.8. The highest BCUT2D eigenvalue weighted by molar-refractivity contribution is 7.80. The number of halogens is 1. The van der Waals surface area contributed by atoms with Crippen molar-refractivity contribution in [1.29, 1.82) is 0 Å². The van der Waals surface area contributed by atoms with Gasteiger partial charge in [0.25, 0.3) is 0 Å². The lowest BCUT2D eigenvalue weighted by atomic mass is 9.49. The first-order valence-electron chi connectivity index (χ1n) is 14.8. The molecule has 41 heavy (non-hydrogen) atoms. The lowest BCUT2D eigenvalue weighted by Crippen LogP contribution is -2.57. The predicted molar refractivity (Wildman–Crippen MR) is 166 cm³/mol. The fourth-order valence-electron chi connectivity index (χ4n) is 7.08. The summed E-state index contributed by atoms with van der Waals surface area (Å²) < 4.78 is 38.7. The van der Waals surface area contributed by atoms with Gasteiger partial charge in [-0.25, -0.2) is 4.39 Å². The number of carbonyl (C=O) groups excluding carboxylic acids is 1. The number of hydrogen-bond acceptors (Lipinski definition) is 5. The van der Waals surface area contributed by atoms with Gasteiger partial charge in [0.2, 0.25) is 5.91 Å². The van der Waals surface area contributed by atoms with Crippen molar-refractivity contribution in [2.75, 3.05) is 13.2 Å². The fraction of sp³-hybridized carbons (Fsp3) is 0.562. The zero-order valence-corrected chi connectivity index (χ0v) is 26.8. The molecule has 2 aromatic rings. The van der Waals surface area contributed by atoms with Crippen molar-refractivity contribution < 1.29 is 22.8 Å². The van der Waals surface area contributed by atoms with Crippen LogP contribution in [-0.2, 0) is 30.2 Å². The maximum absolute atomic E-state index is 14.0. The van der Waals surface area contributed by atoms with Gasteiger partial charge in [0.05, 0.1) is 18.6 Å². The van der Waals surface area contributed by atoms with Crippen LogP contribution in [0.25, 0.3) is 0 Å². The first-order chi connectivity index (χ1) is 19.4. The molecule has 6 nitrogen and oxygen atoms in total. The molecule has 0 heterocycles. The number of benzene rings is 2. The van der Waals surface area contributed by atoms with Crippen LogP contribution in [0.2, 0.25) is 0 Å². The Kier molecular flexibility index (Phi) is 9.80. The number of amides is 1. The van der Waals surface area contributed by atoms with E-state index in [2.05, 4.69) is 56.5 Å². The second kappa shape index (κ2) is 12.6. The minimum absolute atomic E-state index is 0.0373. The molecule has 0 saturated heterocycles. The van der Waals surface area contributed by atoms with Gasteiger partial charge >= 0.3 is 7.60 Å². The lowest BCUT2D eigenvalue weighted by molar-refractivity contribution is -0.137. The Bertz CT molecular complexity index is 1310. The number of nitrogens with one attached hydrogen (secondary N) is 2. The first kappa shape index (κ1) is 31.8. The molecule has 0 spiro atoms. The molecule has 9 heteroatoms. The quantitative estimate of drug-likeness (QED) is 0.224. The Labute approximate surface area is 249 Å². The van der Waals surface area contributed by atoms with Crippen molar-refractivity contribution in [2.24, 2.45) is 11.3 Å². The highest BCUT2D eigenvalue weighted by Gasteiger charge is 2.55. The average Bonchev–Trinajstić information content (AvgIpc) is 2.92. The van der Waals surface area contributed by atoms with Crippen molar-refractivity contribution in [3.8, 4) is 0 Å². The van der Waals surface area contributed by atoms with Crippen molar-refractivity contribution in [2.45, 2.75) is 90.8 Å². The Morgan fingerprint density at radius 1 is 1.07 bits per heavy atom. The molecule has 0 radical (unpaired) electrons. The van der Waals surface area contributed by atoms with E-state index in [1.54, 1.807) is 13.8 Å². The standard InChI is InChI=1S/C32H44FN2O4PS/c1-7-38-40(37,39-8-2)28(22-10-14-25(33)15-11-22)34-30(41)35-29(36)32(6)19-9-18-31(5)26-16-12-23(21(3)4)20-24(26)13-17-27(31)32/h10-12,14-16,20-21,27-28H,7-9,13,17-19H2,1-6H3,(H2,34,35,36,41)/t27?,28?,31-,32-/m1/s1. The Hall–Kier alpha value is -2.12. The van der Waals surface area contributed by atoms with Crippen LogP contribution in [0.3, 0.4) is 0 Å². The summed E-state index contributed by atoms with van der Waals surface area (Å²) in [6.45, 7) is 12.6. The number of thiocarbonyl (C=S) groups is 1. The Morgan fingerprint density at radius 2 is 1.71 bits per heavy atom. The smallest absolute Gasteiger partial charge is 0.345 e. The molecule has 1 fully saturated rings. The molecule has 1 saturated carbocycles. The van der Waals surface area contributed by atoms with Crippen LogP contribution in [0.5, 0.6) is 0 Å². The molecule has 224 valence electrons. The predicted octanol–water partition coefficient (Wildman–Crippen LogP) is 7.92. The molecule has 4 atom stereocenters. The summed E-state index contributed by atoms with van der Waals surface area (Å²) in [5.41, 5.74) is 3.85. The van der Waals surface area contributed by atoms with E-state index >= 15 is 0 Å². The minimum atomic E-state index is -3.77. The maximum atomic E-state index is 14.0. The molecule has 1 amide bonds. The number of carbonyl (C=O) groups is 1. The molecule has 4 rings (SSSR count). The topological polar surface area (TPSA) is 76.7 Å². The molecule has 0 aromatic heterocycles. The molecule has 2 aromatic carbocycles. The third-order valence-corrected chi connectivity index (χ3v) is 11.7. The lowest BCUT2D eigenvalue weighted by Gasteiger charge is -2.54. The normalized spacial score (nSPS) is 24.7. The number of rotatable bonds is 9. The van der Waals surface area contributed by atoms with Crippen LogP contribution in [0.15, 0.2) is 42.5 Å². The van der Waals surface area contributed by atoms with Crippen LogP contribution in [-0.4, -0.2) is 24.2 Å². The summed E-state index contributed by atoms with van der Waals surface area (Å²) in [6, 6.07) is 12.5. The number of hydrogen-bond donors (Lipinski definition) is 2. The minimum Gasteiger partial charge on any atom is -0.345 e. The van der Waals surface area contributed by atoms with E-state index in [1.165, 1.54) is 41.0 Å². The summed E-state index contributed by atoms with van der Waals surface area (Å²) in [5.74, 6) is -0.963. The zero-order chi connectivity index (χ0) is 30.0. The number of aryl methyl sites for hydroxylation is 1. The van der Waals surface area contributed by atoms with Gasteiger partial charge in [-0.05, 0) is 103 Å². The highest BCUT2D eigenvalue weighted by Crippen LogP contribution is 2.60. The fourth-order valence-corrected chi connectivity index (χ4v) is 9.30. The van der Waals surface area contributed by atoms with Crippen molar-refractivity contribution >= 4 is 30.8 Å². The van der Waals surface area contributed by atoms with Crippen LogP contribution in [0.4, 0.5) is 4.39 Å². The van der Waals surface area contributed by atoms with E-state index in [-0.39, 0.29) is 35.6 Å². The third kappa shape index (κ3) is 6.31. The molecule has 0 aliphatic heterocycles. The average molecular weight is 603 g/mol. The molecule has 2 unspecified atom stereocenters. The largest absolute Gasteiger partial charge is 0.357 e. The van der Waals surface area contributed by atoms with Gasteiger partial charge in [-0.15, -0.1) is 0 Å². The van der Waals surface area contributed by atoms with Gasteiger partial charge in [0, 0.05) is 0 Å². The van der Waals surface area contributed by atoms with E-state index < -0.39 is 24.6 Å². The summed E-state index contributed by atoms with van der Waals surface area (Å²) in [5, 5.41) is 6.00. The molecule has 0 bridgehead atoms. The maximum Gasteiger partial charge on any atom is 0.357 e. The Morgan fingerprint density at radius 3 is 2.32 bits per heavy atom. The van der Waals surface area contributed by atoms with Crippen molar-refractivity contribution in [3.63, 3.8) is 0 Å². The SMILES string of the molecule is CCOP(=O)(OCC)C(NC(=S)NC(=O)[C@]1(C)CCC[C@]2(C)c3ccc(C(C)C)cc3CCC12)c1ccc(F)cc1. The van der Waals surface area contributed by atoms with Gasteiger partial charge in [-0.2, -0.15) is 0 Å². The van der Waals surface area contributed by atoms with E-state index in [0.717, 1.165) is 32.1 Å². The van der Waals surface area contributed by atoms with Crippen LogP contribution in [0.1, 0.15) is 101 Å². The third-order valence-electron chi connectivity index (χ3n) is 9.18. The Balaban J connectivity index is 1.58. The van der Waals surface area contributed by atoms with Crippen molar-refractivity contribution in [1.82, 2.24) is 10.6 Å². The van der Waals surface area contributed by atoms with Crippen molar-refractivity contribution in [3.05, 3.63) is 70.5 Å². The monoisotopic (exact) mass is 602 g/mol. The summed E-state index contributed by atoms with van der Waals surface area (Å²) in [6.07, 6.45) is 4.61. The molecule has 2 N–H and O–H groups in total. The van der Waals surface area contributed by atoms with Gasteiger partial charge in [-0.3, -0.25) is 9.36 Å². The summed E-state index contributed by atoms with van der Waals surface area (Å²) in [4.78, 5) is 14.0. The van der Waals surface area contributed by atoms with E-state index in [1.807, 2.05) is 0 Å². The van der Waals surface area contributed by atoms with Gasteiger partial charge in [0.15, 0.2) is 10.9 Å². The second-order valence-corrected chi connectivity index (χ2v) is 14.6. The van der Waals surface area contributed by atoms with E-state index in [4.69, 9.17) is 21.3 Å². The zero-order valence-electron chi connectivity index (χ0n) is 25.1. The number of fused-ring (bicyclic) bond motifs is 3. The molecular formula is C32H44FN2O4PS. The molecule has 2 aliphatic rings. The van der Waals surface area contributed by atoms with Gasteiger partial charge in [0.1, 0.15) is 5.82 Å². The van der Waals surface area contributed by atoms with E-state index in [0.29, 0.717) is 11.5 Å². The summed E-state index contributed by atoms with van der Waals surface area (Å²) in [7, 11) is -3.77. The van der Waals surface area contributed by atoms with E-state index in [9.17, 15) is 13.8 Å². The van der Waals surface area contributed by atoms with Gasteiger partial charge < -0.3 is 19.7 Å². The highest BCUT2D eigenvalue weighted by atomic mass is 32.1. The summed E-state index contributed by atoms with van der Waals surface area (Å²) >= 11 is 5.62. The van der Waals surface area contributed by atoms with Gasteiger partial charge in [-0.1, -0.05) is 64.4 Å². The molecule has 2 aliphatic carbocycles. The van der Waals surface area contributed by atoms with Crippen LogP contribution >= 0.6 is 19.8 Å². The van der Waals surface area contributed by atoms with Crippen LogP contribution < -0.4 is 10.6 Å². The second-order valence-electron chi connectivity index (χ2n) is 12.1. The molecular weight excluding hydrogens is 558 g/mol. The van der Waals surface area contributed by atoms with Crippen LogP contribution in [0, 0.1) is 17.2 Å².